The summed E-state index contributed by atoms with van der Waals surface area (Å²) >= 11 is 0. The molecule has 2 saturated heterocycles. The van der Waals surface area contributed by atoms with E-state index in [1.807, 2.05) is 17.0 Å². The lowest BCUT2D eigenvalue weighted by Crippen LogP contribution is -2.31. The van der Waals surface area contributed by atoms with E-state index < -0.39 is 0 Å². The molecule has 2 aliphatic heterocycles. The van der Waals surface area contributed by atoms with Crippen LogP contribution in [0.15, 0.2) is 24.3 Å². The highest BCUT2D eigenvalue weighted by Crippen LogP contribution is 2.28. The van der Waals surface area contributed by atoms with Crippen LogP contribution in [-0.4, -0.2) is 37.0 Å². The van der Waals surface area contributed by atoms with Gasteiger partial charge in [-0.05, 0) is 34.9 Å². The van der Waals surface area contributed by atoms with Crippen molar-refractivity contribution in [2.45, 2.75) is 26.2 Å². The second kappa shape index (κ2) is 4.88. The first-order valence-electron chi connectivity index (χ1n) is 7.55. The van der Waals surface area contributed by atoms with E-state index in [9.17, 15) is 4.79 Å². The van der Waals surface area contributed by atoms with Crippen molar-refractivity contribution in [1.82, 2.24) is 10.2 Å². The summed E-state index contributed by atoms with van der Waals surface area (Å²) in [7, 11) is 0. The maximum Gasteiger partial charge on any atom is 0.253 e. The van der Waals surface area contributed by atoms with Gasteiger partial charge in [-0.3, -0.25) is 4.79 Å². The minimum Gasteiger partial charge on any atom is -0.338 e. The quantitative estimate of drug-likeness (QED) is 0.850. The van der Waals surface area contributed by atoms with Gasteiger partial charge in [0.2, 0.25) is 0 Å². The Morgan fingerprint density at radius 1 is 1.10 bits per heavy atom. The topological polar surface area (TPSA) is 32.3 Å². The van der Waals surface area contributed by atoms with Gasteiger partial charge < -0.3 is 10.2 Å². The zero-order valence-corrected chi connectivity index (χ0v) is 12.6. The maximum absolute atomic E-state index is 12.5. The van der Waals surface area contributed by atoms with Crippen LogP contribution in [0.4, 0.5) is 0 Å². The number of carbonyl (C=O) groups excluding carboxylic acids is 1. The fourth-order valence-corrected chi connectivity index (χ4v) is 3.32. The van der Waals surface area contributed by atoms with Crippen LogP contribution in [0.1, 0.15) is 36.7 Å². The predicted octanol–water partition coefficient (Wildman–Crippen LogP) is 2.28. The number of rotatable bonds is 1. The summed E-state index contributed by atoms with van der Waals surface area (Å²) in [4.78, 5) is 14.6. The molecular formula is C17H24N2O. The third-order valence-corrected chi connectivity index (χ3v) is 4.67. The molecule has 20 heavy (non-hydrogen) atoms. The van der Waals surface area contributed by atoms with E-state index in [4.69, 9.17) is 0 Å². The third kappa shape index (κ3) is 2.47. The minimum atomic E-state index is 0.137. The Bertz CT molecular complexity index is 489. The normalized spacial score (nSPS) is 25.9. The number of benzene rings is 1. The van der Waals surface area contributed by atoms with Gasteiger partial charge in [-0.2, -0.15) is 0 Å². The number of nitrogens with one attached hydrogen (secondary N) is 1. The first-order valence-corrected chi connectivity index (χ1v) is 7.55. The van der Waals surface area contributed by atoms with Gasteiger partial charge in [0.15, 0.2) is 0 Å². The first kappa shape index (κ1) is 13.6. The summed E-state index contributed by atoms with van der Waals surface area (Å²) in [6.45, 7) is 10.5. The summed E-state index contributed by atoms with van der Waals surface area (Å²) in [6.07, 6.45) is 0. The van der Waals surface area contributed by atoms with Crippen molar-refractivity contribution < 1.29 is 4.79 Å². The maximum atomic E-state index is 12.5. The van der Waals surface area contributed by atoms with E-state index in [0.717, 1.165) is 31.7 Å². The fourth-order valence-electron chi connectivity index (χ4n) is 3.32. The van der Waals surface area contributed by atoms with E-state index >= 15 is 0 Å². The van der Waals surface area contributed by atoms with Crippen molar-refractivity contribution in [2.75, 3.05) is 26.2 Å². The number of amides is 1. The number of likely N-dealkylation sites (tertiary alicyclic amines) is 1. The average Bonchev–Trinajstić information content (AvgIpc) is 2.97. The summed E-state index contributed by atoms with van der Waals surface area (Å²) in [5, 5.41) is 3.41. The number of hydrogen-bond donors (Lipinski definition) is 1. The monoisotopic (exact) mass is 272 g/mol. The number of hydrogen-bond acceptors (Lipinski definition) is 2. The molecular weight excluding hydrogens is 248 g/mol. The summed E-state index contributed by atoms with van der Waals surface area (Å²) in [5.41, 5.74) is 2.24. The van der Waals surface area contributed by atoms with Crippen LogP contribution in [0.5, 0.6) is 0 Å². The summed E-state index contributed by atoms with van der Waals surface area (Å²) < 4.78 is 0. The van der Waals surface area contributed by atoms with Crippen LogP contribution in [0, 0.1) is 11.8 Å². The van der Waals surface area contributed by atoms with Crippen molar-refractivity contribution in [1.29, 1.82) is 0 Å². The second-order valence-electron chi connectivity index (χ2n) is 7.22. The van der Waals surface area contributed by atoms with Gasteiger partial charge in [0.05, 0.1) is 0 Å². The molecule has 0 saturated carbocycles. The van der Waals surface area contributed by atoms with E-state index in [1.54, 1.807) is 0 Å². The van der Waals surface area contributed by atoms with Gasteiger partial charge in [0.1, 0.15) is 0 Å². The Morgan fingerprint density at radius 3 is 2.15 bits per heavy atom. The molecule has 0 aliphatic carbocycles. The average molecular weight is 272 g/mol. The van der Waals surface area contributed by atoms with Crippen LogP contribution in [0.25, 0.3) is 0 Å². The molecule has 1 aromatic carbocycles. The molecule has 2 atom stereocenters. The van der Waals surface area contributed by atoms with Gasteiger partial charge in [-0.1, -0.05) is 32.9 Å². The molecule has 3 rings (SSSR count). The van der Waals surface area contributed by atoms with Gasteiger partial charge in [0.25, 0.3) is 5.91 Å². The van der Waals surface area contributed by atoms with E-state index in [2.05, 4.69) is 38.2 Å². The Hall–Kier alpha value is -1.35. The van der Waals surface area contributed by atoms with E-state index in [-0.39, 0.29) is 11.3 Å². The van der Waals surface area contributed by atoms with E-state index in [0.29, 0.717) is 11.8 Å². The number of carbonyl (C=O) groups is 1. The Labute approximate surface area is 121 Å². The SMILES string of the molecule is CC(C)(C)c1ccc(C(=O)N2CC3CNCC3C2)cc1. The fraction of sp³-hybridized carbons (Fsp3) is 0.588. The lowest BCUT2D eigenvalue weighted by atomic mass is 9.86. The standard InChI is InChI=1S/C17H24N2O/c1-17(2,3)15-6-4-12(5-7-15)16(20)19-10-13-8-18-9-14(13)11-19/h4-7,13-14,18H,8-11H2,1-3H3. The molecule has 108 valence electrons. The molecule has 1 aromatic rings. The van der Waals surface area contributed by atoms with Crippen LogP contribution < -0.4 is 5.32 Å². The molecule has 3 heteroatoms. The lowest BCUT2D eigenvalue weighted by Gasteiger charge is -2.21. The molecule has 0 spiro atoms. The van der Waals surface area contributed by atoms with E-state index in [1.165, 1.54) is 5.56 Å². The molecule has 2 fully saturated rings. The zero-order chi connectivity index (χ0) is 14.3. The zero-order valence-electron chi connectivity index (χ0n) is 12.6. The molecule has 2 aliphatic rings. The molecule has 1 N–H and O–H groups in total. The highest BCUT2D eigenvalue weighted by molar-refractivity contribution is 5.94. The molecule has 0 bridgehead atoms. The van der Waals surface area contributed by atoms with Crippen LogP contribution in [0.2, 0.25) is 0 Å². The molecule has 2 heterocycles. The molecule has 0 aromatic heterocycles. The highest BCUT2D eigenvalue weighted by Gasteiger charge is 2.38. The summed E-state index contributed by atoms with van der Waals surface area (Å²) in [6, 6.07) is 8.14. The van der Waals surface area contributed by atoms with Gasteiger partial charge in [-0.15, -0.1) is 0 Å². The highest BCUT2D eigenvalue weighted by atomic mass is 16.2. The van der Waals surface area contributed by atoms with Crippen molar-refractivity contribution in [3.63, 3.8) is 0 Å². The number of nitrogens with zero attached hydrogens (tertiary/aromatic N) is 1. The smallest absolute Gasteiger partial charge is 0.253 e. The molecule has 0 radical (unpaired) electrons. The first-order chi connectivity index (χ1) is 9.45. The van der Waals surface area contributed by atoms with Crippen molar-refractivity contribution in [2.24, 2.45) is 11.8 Å². The largest absolute Gasteiger partial charge is 0.338 e. The second-order valence-corrected chi connectivity index (χ2v) is 7.22. The van der Waals surface area contributed by atoms with Crippen LogP contribution >= 0.6 is 0 Å². The lowest BCUT2D eigenvalue weighted by molar-refractivity contribution is 0.0781. The number of fused-ring (bicyclic) bond motifs is 1. The van der Waals surface area contributed by atoms with Gasteiger partial charge >= 0.3 is 0 Å². The Balaban J connectivity index is 1.72. The van der Waals surface area contributed by atoms with Crippen molar-refractivity contribution in [3.8, 4) is 0 Å². The van der Waals surface area contributed by atoms with Crippen LogP contribution in [0.3, 0.4) is 0 Å². The molecule has 2 unspecified atom stereocenters. The molecule has 3 nitrogen and oxygen atoms in total. The van der Waals surface area contributed by atoms with Gasteiger partial charge in [-0.25, -0.2) is 0 Å². The van der Waals surface area contributed by atoms with Crippen molar-refractivity contribution >= 4 is 5.91 Å². The molecule has 1 amide bonds. The summed E-state index contributed by atoms with van der Waals surface area (Å²) in [5.74, 6) is 1.51. The van der Waals surface area contributed by atoms with Crippen molar-refractivity contribution in [3.05, 3.63) is 35.4 Å². The Morgan fingerprint density at radius 2 is 1.65 bits per heavy atom. The third-order valence-electron chi connectivity index (χ3n) is 4.67. The minimum absolute atomic E-state index is 0.137. The van der Waals surface area contributed by atoms with Gasteiger partial charge in [0, 0.05) is 31.7 Å². The Kier molecular flexibility index (Phi) is 3.33. The van der Waals surface area contributed by atoms with Crippen LogP contribution in [-0.2, 0) is 5.41 Å². The predicted molar refractivity (Wildman–Crippen MR) is 80.9 cm³/mol.